The first-order valence-electron chi connectivity index (χ1n) is 8.98. The summed E-state index contributed by atoms with van der Waals surface area (Å²) in [4.78, 5) is 2.08. The maximum absolute atomic E-state index is 14.6. The largest absolute Gasteiger partial charge is 0.489 e. The fraction of sp³-hybridized carbons (Fsp3) is 0.429. The second-order valence-electron chi connectivity index (χ2n) is 6.55. The van der Waals surface area contributed by atoms with E-state index in [-0.39, 0.29) is 12.1 Å². The number of rotatable bonds is 7. The topological polar surface area (TPSA) is 30.9 Å². The molecule has 140 valence electrons. The number of nitrogens with zero attached hydrogens (tertiary/aromatic N) is 1. The molecule has 1 heterocycles. The Bertz CT molecular complexity index is 683. The third-order valence-corrected chi connectivity index (χ3v) is 4.90. The average molecular weight is 359 g/mol. The van der Waals surface area contributed by atoms with E-state index in [2.05, 4.69) is 4.90 Å². The van der Waals surface area contributed by atoms with E-state index in [9.17, 15) is 4.39 Å². The molecule has 0 aliphatic carbocycles. The molecular weight excluding hydrogens is 333 g/mol. The number of benzene rings is 2. The lowest BCUT2D eigenvalue weighted by atomic mass is 9.95. The molecule has 0 unspecified atom stereocenters. The van der Waals surface area contributed by atoms with Crippen molar-refractivity contribution in [2.75, 3.05) is 32.2 Å². The van der Waals surface area contributed by atoms with Gasteiger partial charge in [-0.1, -0.05) is 30.3 Å². The lowest BCUT2D eigenvalue weighted by Crippen LogP contribution is -2.39. The lowest BCUT2D eigenvalue weighted by Gasteiger charge is -2.36. The van der Waals surface area contributed by atoms with E-state index in [1.54, 1.807) is 20.3 Å². The van der Waals surface area contributed by atoms with Crippen LogP contribution in [-0.2, 0) is 16.1 Å². The van der Waals surface area contributed by atoms with Crippen LogP contribution in [-0.4, -0.2) is 33.6 Å². The Morgan fingerprint density at radius 1 is 1.04 bits per heavy atom. The fourth-order valence-electron chi connectivity index (χ4n) is 3.47. The summed E-state index contributed by atoms with van der Waals surface area (Å²) in [5.74, 6) is 0.644. The summed E-state index contributed by atoms with van der Waals surface area (Å²) in [6.07, 6.45) is 1.64. The second kappa shape index (κ2) is 9.01. The van der Waals surface area contributed by atoms with Crippen LogP contribution in [0.3, 0.4) is 0 Å². The molecule has 1 aliphatic heterocycles. The van der Waals surface area contributed by atoms with Gasteiger partial charge in [0.25, 0.3) is 0 Å². The maximum atomic E-state index is 14.6. The number of halogens is 1. The van der Waals surface area contributed by atoms with E-state index < -0.39 is 0 Å². The molecule has 5 heteroatoms. The van der Waals surface area contributed by atoms with Crippen LogP contribution in [0.5, 0.6) is 5.75 Å². The van der Waals surface area contributed by atoms with Crippen molar-refractivity contribution < 1.29 is 18.6 Å². The Labute approximate surface area is 154 Å². The van der Waals surface area contributed by atoms with Crippen molar-refractivity contribution in [2.24, 2.45) is 5.92 Å². The summed E-state index contributed by atoms with van der Waals surface area (Å²) in [7, 11) is 3.32. The fourth-order valence-corrected chi connectivity index (χ4v) is 3.47. The van der Waals surface area contributed by atoms with Crippen LogP contribution in [0.15, 0.2) is 48.5 Å². The molecule has 1 fully saturated rings. The van der Waals surface area contributed by atoms with Crippen LogP contribution in [0.25, 0.3) is 0 Å². The van der Waals surface area contributed by atoms with Gasteiger partial charge < -0.3 is 19.1 Å². The molecule has 2 aromatic carbocycles. The van der Waals surface area contributed by atoms with Gasteiger partial charge >= 0.3 is 0 Å². The Hall–Kier alpha value is -2.11. The van der Waals surface area contributed by atoms with Crippen molar-refractivity contribution in [3.63, 3.8) is 0 Å². The van der Waals surface area contributed by atoms with Gasteiger partial charge in [-0.05, 0) is 30.5 Å². The molecule has 0 N–H and O–H groups in total. The first kappa shape index (κ1) is 18.7. The quantitative estimate of drug-likeness (QED) is 0.692. The molecule has 0 atom stereocenters. The summed E-state index contributed by atoms with van der Waals surface area (Å²) in [5, 5.41) is 0. The molecule has 0 bridgehead atoms. The van der Waals surface area contributed by atoms with Gasteiger partial charge in [0.05, 0.1) is 5.69 Å². The number of ether oxygens (including phenoxy) is 3. The summed E-state index contributed by atoms with van der Waals surface area (Å²) in [5.41, 5.74) is 1.69. The van der Waals surface area contributed by atoms with E-state index in [0.29, 0.717) is 24.0 Å². The zero-order valence-electron chi connectivity index (χ0n) is 15.4. The first-order chi connectivity index (χ1) is 12.7. The van der Waals surface area contributed by atoms with E-state index >= 15 is 0 Å². The molecule has 4 nitrogen and oxygen atoms in total. The highest BCUT2D eigenvalue weighted by atomic mass is 19.1. The molecule has 26 heavy (non-hydrogen) atoms. The zero-order valence-corrected chi connectivity index (χ0v) is 15.4. The molecular formula is C21H26FNO3. The normalized spacial score (nSPS) is 15.5. The molecule has 2 aromatic rings. The Kier molecular flexibility index (Phi) is 6.47. The Balaban J connectivity index is 1.58. The number of anilines is 1. The standard InChI is InChI=1S/C21H26FNO3/c1-24-21(25-2)17-10-12-23(13-11-17)20-9-8-18(14-19(20)22)26-15-16-6-4-3-5-7-16/h3-9,14,17,21H,10-13,15H2,1-2H3. The van der Waals surface area contributed by atoms with Crippen molar-refractivity contribution in [1.29, 1.82) is 0 Å². The molecule has 3 rings (SSSR count). The number of piperidine rings is 1. The van der Waals surface area contributed by atoms with Gasteiger partial charge in [-0.3, -0.25) is 0 Å². The average Bonchev–Trinajstić information content (AvgIpc) is 2.69. The van der Waals surface area contributed by atoms with E-state index in [1.165, 1.54) is 6.07 Å². The van der Waals surface area contributed by atoms with Gasteiger partial charge in [0.2, 0.25) is 0 Å². The number of hydrogen-bond donors (Lipinski definition) is 0. The van der Waals surface area contributed by atoms with Crippen LogP contribution >= 0.6 is 0 Å². The van der Waals surface area contributed by atoms with Crippen molar-refractivity contribution in [2.45, 2.75) is 25.7 Å². The smallest absolute Gasteiger partial charge is 0.159 e. The van der Waals surface area contributed by atoms with Gasteiger partial charge in [-0.25, -0.2) is 4.39 Å². The van der Waals surface area contributed by atoms with E-state index in [1.807, 2.05) is 36.4 Å². The third kappa shape index (κ3) is 4.54. The van der Waals surface area contributed by atoms with Gasteiger partial charge in [0.15, 0.2) is 6.29 Å². The zero-order chi connectivity index (χ0) is 18.4. The predicted molar refractivity (Wildman–Crippen MR) is 99.9 cm³/mol. The van der Waals surface area contributed by atoms with Gasteiger partial charge in [-0.15, -0.1) is 0 Å². The highest BCUT2D eigenvalue weighted by Gasteiger charge is 2.27. The highest BCUT2D eigenvalue weighted by molar-refractivity contribution is 5.51. The monoisotopic (exact) mass is 359 g/mol. The minimum Gasteiger partial charge on any atom is -0.489 e. The minimum absolute atomic E-state index is 0.184. The Morgan fingerprint density at radius 2 is 1.73 bits per heavy atom. The second-order valence-corrected chi connectivity index (χ2v) is 6.55. The highest BCUT2D eigenvalue weighted by Crippen LogP contribution is 2.30. The summed E-state index contributed by atoms with van der Waals surface area (Å²) < 4.78 is 31.0. The van der Waals surface area contributed by atoms with Crippen molar-refractivity contribution in [3.05, 3.63) is 59.9 Å². The van der Waals surface area contributed by atoms with Crippen LogP contribution in [0.2, 0.25) is 0 Å². The maximum Gasteiger partial charge on any atom is 0.159 e. The minimum atomic E-state index is -0.246. The van der Waals surface area contributed by atoms with Crippen LogP contribution in [0, 0.1) is 11.7 Å². The van der Waals surface area contributed by atoms with E-state index in [4.69, 9.17) is 14.2 Å². The van der Waals surface area contributed by atoms with Gasteiger partial charge in [0, 0.05) is 39.3 Å². The summed E-state index contributed by atoms with van der Waals surface area (Å²) >= 11 is 0. The summed E-state index contributed by atoms with van der Waals surface area (Å²) in [6, 6.07) is 15.0. The first-order valence-corrected chi connectivity index (χ1v) is 8.98. The van der Waals surface area contributed by atoms with Crippen molar-refractivity contribution in [1.82, 2.24) is 0 Å². The molecule has 0 saturated carbocycles. The predicted octanol–water partition coefficient (Wildman–Crippen LogP) is 4.24. The number of methoxy groups -OCH3 is 2. The van der Waals surface area contributed by atoms with Gasteiger partial charge in [-0.2, -0.15) is 0 Å². The van der Waals surface area contributed by atoms with Crippen LogP contribution in [0.1, 0.15) is 18.4 Å². The number of hydrogen-bond acceptors (Lipinski definition) is 4. The molecule has 0 radical (unpaired) electrons. The third-order valence-electron chi connectivity index (χ3n) is 4.90. The van der Waals surface area contributed by atoms with E-state index in [0.717, 1.165) is 31.5 Å². The molecule has 0 spiro atoms. The van der Waals surface area contributed by atoms with Crippen molar-refractivity contribution in [3.8, 4) is 5.75 Å². The molecule has 1 saturated heterocycles. The SMILES string of the molecule is COC(OC)C1CCN(c2ccc(OCc3ccccc3)cc2F)CC1. The van der Waals surface area contributed by atoms with Crippen LogP contribution in [0.4, 0.5) is 10.1 Å². The molecule has 0 aromatic heterocycles. The van der Waals surface area contributed by atoms with Crippen molar-refractivity contribution >= 4 is 5.69 Å². The molecule has 0 amide bonds. The lowest BCUT2D eigenvalue weighted by molar-refractivity contribution is -0.141. The Morgan fingerprint density at radius 3 is 2.35 bits per heavy atom. The van der Waals surface area contributed by atoms with Gasteiger partial charge in [0.1, 0.15) is 18.2 Å². The van der Waals surface area contributed by atoms with Crippen LogP contribution < -0.4 is 9.64 Å². The molecule has 1 aliphatic rings. The summed E-state index contributed by atoms with van der Waals surface area (Å²) in [6.45, 7) is 2.00.